The second kappa shape index (κ2) is 10.2. The van der Waals surface area contributed by atoms with Gasteiger partial charge >= 0.3 is 0 Å². The fourth-order valence-electron chi connectivity index (χ4n) is 4.38. The summed E-state index contributed by atoms with van der Waals surface area (Å²) in [7, 11) is 0. The molecule has 174 valence electrons. The number of phenolic OH excluding ortho intramolecular Hbond substituents is 1. The molecule has 5 N–H and O–H groups in total. The second-order valence-electron chi connectivity index (χ2n) is 9.13. The third-order valence-electron chi connectivity index (χ3n) is 6.56. The second-order valence-corrected chi connectivity index (χ2v) is 9.13. The van der Waals surface area contributed by atoms with Crippen molar-refractivity contribution >= 4 is 11.6 Å². The van der Waals surface area contributed by atoms with E-state index in [-0.39, 0.29) is 11.6 Å². The number of hydrogen-bond donors (Lipinski definition) is 3. The molecule has 2 aromatic rings. The summed E-state index contributed by atoms with van der Waals surface area (Å²) in [5.74, 6) is 2.29. The Hall–Kier alpha value is -2.89. The molecular weight excluding hydrogens is 402 g/mol. The van der Waals surface area contributed by atoms with Crippen LogP contribution in [0.2, 0.25) is 0 Å². The molecule has 0 radical (unpaired) electrons. The first-order valence-corrected chi connectivity index (χ1v) is 11.5. The minimum absolute atomic E-state index is 0.0509. The summed E-state index contributed by atoms with van der Waals surface area (Å²) < 4.78 is 12.3. The molecule has 32 heavy (non-hydrogen) atoms. The maximum atomic E-state index is 10.4. The number of aliphatic imine (C=N–C) groups is 1. The van der Waals surface area contributed by atoms with E-state index in [0.29, 0.717) is 12.4 Å². The Bertz CT molecular complexity index is 966. The van der Waals surface area contributed by atoms with Gasteiger partial charge in [-0.25, -0.2) is 4.99 Å². The van der Waals surface area contributed by atoms with E-state index in [4.69, 9.17) is 20.9 Å². The van der Waals surface area contributed by atoms with Crippen LogP contribution in [0.3, 0.4) is 0 Å². The van der Waals surface area contributed by atoms with Crippen LogP contribution in [0.1, 0.15) is 67.7 Å². The molecule has 1 atom stereocenters. The quantitative estimate of drug-likeness (QED) is 0.278. The van der Waals surface area contributed by atoms with Crippen molar-refractivity contribution in [2.75, 3.05) is 6.61 Å². The van der Waals surface area contributed by atoms with Crippen molar-refractivity contribution in [1.82, 2.24) is 0 Å². The minimum atomic E-state index is -0.138. The zero-order chi connectivity index (χ0) is 23.3. The van der Waals surface area contributed by atoms with Crippen molar-refractivity contribution in [3.63, 3.8) is 0 Å². The highest BCUT2D eigenvalue weighted by Crippen LogP contribution is 2.44. The average Bonchev–Trinajstić information content (AvgIpc) is 2.76. The molecule has 0 amide bonds. The summed E-state index contributed by atoms with van der Waals surface area (Å²) in [5.41, 5.74) is 15.5. The Balaban J connectivity index is 1.40. The number of nitrogens with two attached hydrogens (primary N) is 2. The van der Waals surface area contributed by atoms with Crippen LogP contribution in [0, 0.1) is 20.8 Å². The Labute approximate surface area is 191 Å². The fraction of sp³-hybridized carbons (Fsp3) is 0.500. The van der Waals surface area contributed by atoms with Crippen LogP contribution in [0.15, 0.2) is 29.3 Å². The molecule has 0 saturated carbocycles. The lowest BCUT2D eigenvalue weighted by atomic mass is 9.84. The molecule has 1 aliphatic heterocycles. The molecule has 0 bridgehead atoms. The van der Waals surface area contributed by atoms with Gasteiger partial charge in [0, 0.05) is 5.56 Å². The first-order chi connectivity index (χ1) is 15.2. The molecule has 0 aliphatic carbocycles. The number of guanidine groups is 1. The predicted octanol–water partition coefficient (Wildman–Crippen LogP) is 5.34. The predicted molar refractivity (Wildman–Crippen MR) is 130 cm³/mol. The first-order valence-electron chi connectivity index (χ1n) is 11.5. The Morgan fingerprint density at radius 2 is 1.72 bits per heavy atom. The van der Waals surface area contributed by atoms with Gasteiger partial charge in [0.15, 0.2) is 5.96 Å². The third kappa shape index (κ3) is 5.67. The van der Waals surface area contributed by atoms with Gasteiger partial charge in [0.25, 0.3) is 0 Å². The highest BCUT2D eigenvalue weighted by molar-refractivity contribution is 5.79. The van der Waals surface area contributed by atoms with Crippen LogP contribution >= 0.6 is 0 Å². The Morgan fingerprint density at radius 3 is 2.41 bits per heavy atom. The number of rotatable bonds is 9. The van der Waals surface area contributed by atoms with Crippen molar-refractivity contribution in [3.05, 3.63) is 46.5 Å². The van der Waals surface area contributed by atoms with Gasteiger partial charge in [0.2, 0.25) is 0 Å². The van der Waals surface area contributed by atoms with Gasteiger partial charge in [-0.05, 0) is 101 Å². The molecule has 1 heterocycles. The number of unbranched alkanes of at least 4 members (excludes halogenated alkanes) is 3. The lowest BCUT2D eigenvalue weighted by molar-refractivity contribution is 0.0521. The van der Waals surface area contributed by atoms with E-state index in [1.807, 2.05) is 45.0 Å². The van der Waals surface area contributed by atoms with Crippen LogP contribution in [-0.2, 0) is 6.42 Å². The Kier molecular flexibility index (Phi) is 7.54. The van der Waals surface area contributed by atoms with E-state index in [1.54, 1.807) is 0 Å². The van der Waals surface area contributed by atoms with Crippen LogP contribution in [0.5, 0.6) is 17.2 Å². The smallest absolute Gasteiger partial charge is 0.191 e. The average molecular weight is 440 g/mol. The van der Waals surface area contributed by atoms with E-state index >= 15 is 0 Å². The van der Waals surface area contributed by atoms with Gasteiger partial charge in [-0.2, -0.15) is 0 Å². The highest BCUT2D eigenvalue weighted by atomic mass is 16.5. The lowest BCUT2D eigenvalue weighted by Gasteiger charge is -2.38. The van der Waals surface area contributed by atoms with Crippen molar-refractivity contribution in [2.24, 2.45) is 16.5 Å². The monoisotopic (exact) mass is 439 g/mol. The molecule has 6 heteroatoms. The number of hydrogen-bond acceptors (Lipinski definition) is 4. The highest BCUT2D eigenvalue weighted by Gasteiger charge is 2.34. The number of aromatic hydroxyl groups is 1. The summed E-state index contributed by atoms with van der Waals surface area (Å²) in [5, 5.41) is 10.4. The molecule has 0 spiro atoms. The molecule has 0 aromatic heterocycles. The van der Waals surface area contributed by atoms with Crippen molar-refractivity contribution in [3.8, 4) is 17.2 Å². The fourth-order valence-corrected chi connectivity index (χ4v) is 4.38. The molecule has 2 aromatic carbocycles. The summed E-state index contributed by atoms with van der Waals surface area (Å²) in [4.78, 5) is 4.00. The molecular formula is C26H37N3O3. The molecule has 6 nitrogen and oxygen atoms in total. The van der Waals surface area contributed by atoms with Gasteiger partial charge in [0.05, 0.1) is 12.3 Å². The standard InChI is InChI=1S/C26H37N3O3/c1-17-18(2)24-22(19(3)23(17)30)13-15-26(4,32-24)14-7-5-6-8-16-31-21-11-9-20(10-12-21)29-25(27)28/h9-12,30H,5-8,13-16H2,1-4H3,(H4,27,28,29). The van der Waals surface area contributed by atoms with Gasteiger partial charge < -0.3 is 26.0 Å². The zero-order valence-electron chi connectivity index (χ0n) is 19.8. The van der Waals surface area contributed by atoms with Crippen molar-refractivity contribution in [1.29, 1.82) is 0 Å². The Morgan fingerprint density at radius 1 is 1.03 bits per heavy atom. The maximum Gasteiger partial charge on any atom is 0.191 e. The van der Waals surface area contributed by atoms with Gasteiger partial charge in [0.1, 0.15) is 22.8 Å². The summed E-state index contributed by atoms with van der Waals surface area (Å²) >= 11 is 0. The normalized spacial score (nSPS) is 17.4. The molecule has 0 fully saturated rings. The van der Waals surface area contributed by atoms with Gasteiger partial charge in [-0.3, -0.25) is 0 Å². The van der Waals surface area contributed by atoms with Crippen LogP contribution in [-0.4, -0.2) is 23.3 Å². The summed E-state index contributed by atoms with van der Waals surface area (Å²) in [6, 6.07) is 7.44. The van der Waals surface area contributed by atoms with E-state index in [2.05, 4.69) is 11.9 Å². The lowest BCUT2D eigenvalue weighted by Crippen LogP contribution is -2.37. The molecule has 0 saturated heterocycles. The van der Waals surface area contributed by atoms with E-state index in [0.717, 1.165) is 78.8 Å². The maximum absolute atomic E-state index is 10.4. The molecule has 3 rings (SSSR count). The number of phenols is 1. The number of nitrogens with zero attached hydrogens (tertiary/aromatic N) is 1. The van der Waals surface area contributed by atoms with E-state index in [9.17, 15) is 5.11 Å². The number of ether oxygens (including phenoxy) is 2. The van der Waals surface area contributed by atoms with Crippen LogP contribution < -0.4 is 20.9 Å². The molecule has 1 unspecified atom stereocenters. The molecule has 1 aliphatic rings. The number of benzene rings is 2. The van der Waals surface area contributed by atoms with E-state index < -0.39 is 0 Å². The third-order valence-corrected chi connectivity index (χ3v) is 6.56. The SMILES string of the molecule is Cc1c(C)c2c(c(C)c1O)CCC(C)(CCCCCCOc1ccc(N=C(N)N)cc1)O2. The van der Waals surface area contributed by atoms with E-state index in [1.165, 1.54) is 5.56 Å². The summed E-state index contributed by atoms with van der Waals surface area (Å²) in [6.07, 6.45) is 7.43. The van der Waals surface area contributed by atoms with Crippen molar-refractivity contribution in [2.45, 2.75) is 78.2 Å². The van der Waals surface area contributed by atoms with Crippen LogP contribution in [0.4, 0.5) is 5.69 Å². The largest absolute Gasteiger partial charge is 0.507 e. The first kappa shape index (κ1) is 23.8. The summed E-state index contributed by atoms with van der Waals surface area (Å²) in [6.45, 7) is 8.93. The van der Waals surface area contributed by atoms with Crippen LogP contribution in [0.25, 0.3) is 0 Å². The van der Waals surface area contributed by atoms with Gasteiger partial charge in [-0.15, -0.1) is 0 Å². The number of fused-ring (bicyclic) bond motifs is 1. The zero-order valence-corrected chi connectivity index (χ0v) is 19.8. The topological polar surface area (TPSA) is 103 Å². The minimum Gasteiger partial charge on any atom is -0.507 e. The van der Waals surface area contributed by atoms with Gasteiger partial charge in [-0.1, -0.05) is 12.8 Å². The van der Waals surface area contributed by atoms with Crippen molar-refractivity contribution < 1.29 is 14.6 Å².